The van der Waals surface area contributed by atoms with Gasteiger partial charge >= 0.3 is 12.0 Å². The summed E-state index contributed by atoms with van der Waals surface area (Å²) < 4.78 is 10.3. The Balaban J connectivity index is 1.55. The van der Waals surface area contributed by atoms with Crippen LogP contribution in [0.25, 0.3) is 0 Å². The van der Waals surface area contributed by atoms with Crippen molar-refractivity contribution in [1.29, 1.82) is 0 Å². The molecule has 1 aliphatic heterocycles. The average molecular weight is 399 g/mol. The fraction of sp³-hybridized carbons (Fsp3) is 0.455. The second-order valence-electron chi connectivity index (χ2n) is 7.36. The number of ether oxygens (including phenoxy) is 1. The molecule has 1 aliphatic rings. The summed E-state index contributed by atoms with van der Waals surface area (Å²) in [6, 6.07) is 10.8. The van der Waals surface area contributed by atoms with Crippen molar-refractivity contribution in [3.05, 3.63) is 59.5 Å². The van der Waals surface area contributed by atoms with E-state index in [-0.39, 0.29) is 18.0 Å². The summed E-state index contributed by atoms with van der Waals surface area (Å²) in [6.07, 6.45) is 5.28. The third-order valence-corrected chi connectivity index (χ3v) is 5.29. The van der Waals surface area contributed by atoms with E-state index in [2.05, 4.69) is 10.2 Å². The minimum Gasteiger partial charge on any atom is -0.468 e. The number of urea groups is 1. The third-order valence-electron chi connectivity index (χ3n) is 5.29. The van der Waals surface area contributed by atoms with E-state index < -0.39 is 0 Å². The molecule has 1 N–H and O–H groups in total. The van der Waals surface area contributed by atoms with Crippen molar-refractivity contribution >= 4 is 12.0 Å². The minimum absolute atomic E-state index is 0.0435. The third kappa shape index (κ3) is 5.60. The number of carbonyl (C=O) groups is 2. The van der Waals surface area contributed by atoms with Crippen molar-refractivity contribution in [2.45, 2.75) is 31.8 Å². The highest BCUT2D eigenvalue weighted by Crippen LogP contribution is 2.24. The van der Waals surface area contributed by atoms with Crippen LogP contribution in [0.15, 0.2) is 47.1 Å². The van der Waals surface area contributed by atoms with E-state index in [0.717, 1.165) is 24.4 Å². The lowest BCUT2D eigenvalue weighted by Crippen LogP contribution is -2.44. The van der Waals surface area contributed by atoms with Gasteiger partial charge in [-0.15, -0.1) is 0 Å². The molecule has 1 atom stereocenters. The van der Waals surface area contributed by atoms with Gasteiger partial charge in [0.2, 0.25) is 0 Å². The molecule has 2 aromatic rings. The van der Waals surface area contributed by atoms with Crippen LogP contribution < -0.4 is 5.32 Å². The van der Waals surface area contributed by atoms with Crippen molar-refractivity contribution in [3.63, 3.8) is 0 Å². The summed E-state index contributed by atoms with van der Waals surface area (Å²) in [4.78, 5) is 28.2. The SMILES string of the molecule is COC(=O)c1ccc(CN(C)C(=O)NCC(c2ccco2)N2CCCCC2)cc1. The number of hydrogen-bond acceptors (Lipinski definition) is 5. The Bertz CT molecular complexity index is 783. The van der Waals surface area contributed by atoms with E-state index in [9.17, 15) is 9.59 Å². The number of furan rings is 1. The van der Waals surface area contributed by atoms with Gasteiger partial charge in [-0.25, -0.2) is 9.59 Å². The second-order valence-corrected chi connectivity index (χ2v) is 7.36. The molecule has 0 bridgehead atoms. The van der Waals surface area contributed by atoms with E-state index in [1.807, 2.05) is 24.3 Å². The van der Waals surface area contributed by atoms with E-state index in [0.29, 0.717) is 18.7 Å². The number of nitrogens with zero attached hydrogens (tertiary/aromatic N) is 2. The molecule has 1 aromatic carbocycles. The zero-order valence-electron chi connectivity index (χ0n) is 17.1. The Morgan fingerprint density at radius 2 is 1.90 bits per heavy atom. The highest BCUT2D eigenvalue weighted by Gasteiger charge is 2.25. The Kier molecular flexibility index (Phi) is 7.30. The number of piperidine rings is 1. The first kappa shape index (κ1) is 20.9. The highest BCUT2D eigenvalue weighted by molar-refractivity contribution is 5.89. The lowest BCUT2D eigenvalue weighted by molar-refractivity contribution is 0.0600. The van der Waals surface area contributed by atoms with Crippen LogP contribution in [-0.4, -0.2) is 55.6 Å². The van der Waals surface area contributed by atoms with Crippen molar-refractivity contribution < 1.29 is 18.7 Å². The Morgan fingerprint density at radius 3 is 2.52 bits per heavy atom. The van der Waals surface area contributed by atoms with Gasteiger partial charge in [0.15, 0.2) is 0 Å². The van der Waals surface area contributed by atoms with Crippen LogP contribution in [0.4, 0.5) is 4.79 Å². The number of rotatable bonds is 7. The zero-order chi connectivity index (χ0) is 20.6. The van der Waals surface area contributed by atoms with Crippen molar-refractivity contribution in [1.82, 2.24) is 15.1 Å². The van der Waals surface area contributed by atoms with Gasteiger partial charge in [-0.05, 0) is 55.8 Å². The first-order valence-corrected chi connectivity index (χ1v) is 10.0. The quantitative estimate of drug-likeness (QED) is 0.722. The molecule has 1 fully saturated rings. The molecule has 1 saturated heterocycles. The predicted octanol–water partition coefficient (Wildman–Crippen LogP) is 3.43. The van der Waals surface area contributed by atoms with Gasteiger partial charge in [0, 0.05) is 20.1 Å². The van der Waals surface area contributed by atoms with E-state index in [1.54, 1.807) is 30.3 Å². The fourth-order valence-corrected chi connectivity index (χ4v) is 3.65. The monoisotopic (exact) mass is 399 g/mol. The molecule has 0 spiro atoms. The number of carbonyl (C=O) groups excluding carboxylic acids is 2. The van der Waals surface area contributed by atoms with Gasteiger partial charge in [0.05, 0.1) is 25.0 Å². The summed E-state index contributed by atoms with van der Waals surface area (Å²) >= 11 is 0. The molecule has 7 heteroatoms. The maximum absolute atomic E-state index is 12.6. The maximum Gasteiger partial charge on any atom is 0.337 e. The topological polar surface area (TPSA) is 75.0 Å². The lowest BCUT2D eigenvalue weighted by Gasteiger charge is -2.33. The molecule has 2 heterocycles. The normalized spacial score (nSPS) is 15.5. The van der Waals surface area contributed by atoms with Crippen LogP contribution in [0.1, 0.15) is 47.0 Å². The molecular weight excluding hydrogens is 370 g/mol. The van der Waals surface area contributed by atoms with Crippen LogP contribution in [0.2, 0.25) is 0 Å². The molecule has 0 aliphatic carbocycles. The van der Waals surface area contributed by atoms with Gasteiger partial charge in [-0.2, -0.15) is 0 Å². The summed E-state index contributed by atoms with van der Waals surface area (Å²) in [7, 11) is 3.11. The van der Waals surface area contributed by atoms with Gasteiger partial charge < -0.3 is 19.4 Å². The second kappa shape index (κ2) is 10.1. The first-order valence-electron chi connectivity index (χ1n) is 10.0. The van der Waals surface area contributed by atoms with Gasteiger partial charge in [0.25, 0.3) is 0 Å². The molecule has 2 amide bonds. The number of hydrogen-bond donors (Lipinski definition) is 1. The zero-order valence-corrected chi connectivity index (χ0v) is 17.1. The molecule has 7 nitrogen and oxygen atoms in total. The predicted molar refractivity (Wildman–Crippen MR) is 110 cm³/mol. The van der Waals surface area contributed by atoms with Crippen LogP contribution in [-0.2, 0) is 11.3 Å². The molecule has 0 radical (unpaired) electrons. The lowest BCUT2D eigenvalue weighted by atomic mass is 10.1. The summed E-state index contributed by atoms with van der Waals surface area (Å²) in [5.74, 6) is 0.512. The molecule has 3 rings (SSSR count). The van der Waals surface area contributed by atoms with E-state index in [4.69, 9.17) is 9.15 Å². The van der Waals surface area contributed by atoms with Crippen molar-refractivity contribution in [2.24, 2.45) is 0 Å². The van der Waals surface area contributed by atoms with Crippen LogP contribution in [0.5, 0.6) is 0 Å². The molecule has 156 valence electrons. The number of amides is 2. The summed E-state index contributed by atoms with van der Waals surface area (Å²) in [6.45, 7) is 2.98. The van der Waals surface area contributed by atoms with Crippen molar-refractivity contribution in [2.75, 3.05) is 33.8 Å². The molecule has 1 unspecified atom stereocenters. The van der Waals surface area contributed by atoms with Crippen LogP contribution in [0, 0.1) is 0 Å². The van der Waals surface area contributed by atoms with Gasteiger partial charge in [0.1, 0.15) is 5.76 Å². The molecule has 29 heavy (non-hydrogen) atoms. The van der Waals surface area contributed by atoms with Crippen LogP contribution >= 0.6 is 0 Å². The largest absolute Gasteiger partial charge is 0.468 e. The Hall–Kier alpha value is -2.80. The number of nitrogens with one attached hydrogen (secondary N) is 1. The van der Waals surface area contributed by atoms with Gasteiger partial charge in [-0.3, -0.25) is 4.90 Å². The van der Waals surface area contributed by atoms with Gasteiger partial charge in [-0.1, -0.05) is 18.6 Å². The maximum atomic E-state index is 12.6. The number of esters is 1. The number of likely N-dealkylation sites (tertiary alicyclic amines) is 1. The highest BCUT2D eigenvalue weighted by atomic mass is 16.5. The average Bonchev–Trinajstić information content (AvgIpc) is 3.29. The molecule has 1 aromatic heterocycles. The smallest absolute Gasteiger partial charge is 0.337 e. The summed E-state index contributed by atoms with van der Waals surface area (Å²) in [5, 5.41) is 3.04. The summed E-state index contributed by atoms with van der Waals surface area (Å²) in [5.41, 5.74) is 1.43. The molecule has 0 saturated carbocycles. The van der Waals surface area contributed by atoms with Crippen LogP contribution in [0.3, 0.4) is 0 Å². The Labute approximate surface area is 171 Å². The first-order chi connectivity index (χ1) is 14.1. The van der Waals surface area contributed by atoms with E-state index in [1.165, 1.54) is 26.4 Å². The molecular formula is C22H29N3O4. The number of benzene rings is 1. The standard InChI is InChI=1S/C22H29N3O4/c1-24(16-17-8-10-18(11-9-17)21(26)28-2)22(27)23-15-19(20-7-6-14-29-20)25-12-4-3-5-13-25/h6-11,14,19H,3-5,12-13,15-16H2,1-2H3,(H,23,27). The van der Waals surface area contributed by atoms with E-state index >= 15 is 0 Å². The van der Waals surface area contributed by atoms with Crippen molar-refractivity contribution in [3.8, 4) is 0 Å². The minimum atomic E-state index is -0.371. The fourth-order valence-electron chi connectivity index (χ4n) is 3.65. The Morgan fingerprint density at radius 1 is 1.17 bits per heavy atom. The number of methoxy groups -OCH3 is 1.